The number of H-pyrrole nitrogens is 1. The molecule has 1 atom stereocenters. The van der Waals surface area contributed by atoms with Crippen LogP contribution in [0, 0.1) is 0 Å². The average Bonchev–Trinajstić information content (AvgIpc) is 2.91. The number of nitrogens with one attached hydrogen (secondary N) is 3. The predicted octanol–water partition coefficient (Wildman–Crippen LogP) is 3.52. The third kappa shape index (κ3) is 5.67. The van der Waals surface area contributed by atoms with Crippen molar-refractivity contribution in [3.05, 3.63) is 112 Å². The van der Waals surface area contributed by atoms with Gasteiger partial charge >= 0.3 is 0 Å². The molecule has 8 heteroatoms. The quantitative estimate of drug-likeness (QED) is 0.272. The third-order valence-electron chi connectivity index (χ3n) is 5.56. The standard InChI is InChI=1S/C27H25N5O3/c1-2-20(17-18-11-5-3-6-12-18)29-32-27(35)24(28-25(33)19-13-7-4-8-14-19)23-21-15-9-10-16-22(21)26(34)31-30-23/h3-16,24H,2,17H2,1H3,(H,28,33)(H,31,34)(H,32,35)/b29-20-/t24-/m1/s1. The van der Waals surface area contributed by atoms with E-state index in [9.17, 15) is 14.4 Å². The maximum absolute atomic E-state index is 13.3. The maximum Gasteiger partial charge on any atom is 0.272 e. The Kier molecular flexibility index (Phi) is 7.42. The van der Waals surface area contributed by atoms with Crippen molar-refractivity contribution in [2.45, 2.75) is 25.8 Å². The Balaban J connectivity index is 1.66. The van der Waals surface area contributed by atoms with Crippen LogP contribution in [-0.2, 0) is 11.2 Å². The zero-order chi connectivity index (χ0) is 24.6. The zero-order valence-corrected chi connectivity index (χ0v) is 19.2. The number of hydrazone groups is 1. The van der Waals surface area contributed by atoms with Crippen molar-refractivity contribution in [3.8, 4) is 0 Å². The van der Waals surface area contributed by atoms with Crippen LogP contribution >= 0.6 is 0 Å². The molecule has 0 aliphatic rings. The van der Waals surface area contributed by atoms with Crippen LogP contribution in [0.5, 0.6) is 0 Å². The van der Waals surface area contributed by atoms with Gasteiger partial charge in [-0.3, -0.25) is 14.4 Å². The van der Waals surface area contributed by atoms with Gasteiger partial charge in [0.05, 0.1) is 5.39 Å². The van der Waals surface area contributed by atoms with Crippen LogP contribution in [0.15, 0.2) is 94.8 Å². The third-order valence-corrected chi connectivity index (χ3v) is 5.56. The minimum absolute atomic E-state index is 0.221. The Hall–Kier alpha value is -4.59. The van der Waals surface area contributed by atoms with Crippen LogP contribution in [0.2, 0.25) is 0 Å². The van der Waals surface area contributed by atoms with Crippen molar-refractivity contribution < 1.29 is 9.59 Å². The zero-order valence-electron chi connectivity index (χ0n) is 19.2. The molecular weight excluding hydrogens is 442 g/mol. The number of aromatic nitrogens is 2. The first-order chi connectivity index (χ1) is 17.1. The van der Waals surface area contributed by atoms with Crippen LogP contribution in [0.25, 0.3) is 10.8 Å². The number of carbonyl (C=O) groups is 2. The van der Waals surface area contributed by atoms with E-state index in [1.54, 1.807) is 54.6 Å². The predicted molar refractivity (Wildman–Crippen MR) is 135 cm³/mol. The molecule has 0 aliphatic carbocycles. The molecule has 3 N–H and O–H groups in total. The summed E-state index contributed by atoms with van der Waals surface area (Å²) in [5, 5.41) is 14.5. The Morgan fingerprint density at radius 3 is 2.23 bits per heavy atom. The fraction of sp³-hybridized carbons (Fsp3) is 0.148. The van der Waals surface area contributed by atoms with E-state index < -0.39 is 17.9 Å². The number of hydrogen-bond acceptors (Lipinski definition) is 5. The number of fused-ring (bicyclic) bond motifs is 1. The van der Waals surface area contributed by atoms with Gasteiger partial charge in [0.2, 0.25) is 0 Å². The second kappa shape index (κ2) is 11.0. The summed E-state index contributed by atoms with van der Waals surface area (Å²) in [7, 11) is 0. The number of hydrogen-bond donors (Lipinski definition) is 3. The van der Waals surface area contributed by atoms with E-state index in [4.69, 9.17) is 0 Å². The van der Waals surface area contributed by atoms with Gasteiger partial charge < -0.3 is 5.32 Å². The van der Waals surface area contributed by atoms with Gasteiger partial charge in [0.15, 0.2) is 6.04 Å². The minimum Gasteiger partial charge on any atom is -0.335 e. The van der Waals surface area contributed by atoms with Gasteiger partial charge in [-0.15, -0.1) is 0 Å². The lowest BCUT2D eigenvalue weighted by Gasteiger charge is -2.18. The van der Waals surface area contributed by atoms with Crippen molar-refractivity contribution in [1.82, 2.24) is 20.9 Å². The molecule has 8 nitrogen and oxygen atoms in total. The molecule has 0 aliphatic heterocycles. The Morgan fingerprint density at radius 2 is 1.54 bits per heavy atom. The Labute approximate surface area is 202 Å². The molecule has 0 bridgehead atoms. The van der Waals surface area contributed by atoms with E-state index in [2.05, 4.69) is 26.0 Å². The van der Waals surface area contributed by atoms with E-state index >= 15 is 0 Å². The molecule has 0 saturated heterocycles. The van der Waals surface area contributed by atoms with E-state index in [0.717, 1.165) is 11.3 Å². The average molecular weight is 468 g/mol. The van der Waals surface area contributed by atoms with Gasteiger partial charge in [-0.1, -0.05) is 73.7 Å². The fourth-order valence-corrected chi connectivity index (χ4v) is 3.69. The van der Waals surface area contributed by atoms with Crippen LogP contribution < -0.4 is 16.3 Å². The van der Waals surface area contributed by atoms with Crippen LogP contribution in [0.3, 0.4) is 0 Å². The number of nitrogens with zero attached hydrogens (tertiary/aromatic N) is 2. The summed E-state index contributed by atoms with van der Waals surface area (Å²) in [5.41, 5.74) is 4.67. The second-order valence-corrected chi connectivity index (χ2v) is 7.93. The van der Waals surface area contributed by atoms with Gasteiger partial charge in [-0.05, 0) is 30.2 Å². The molecule has 0 unspecified atom stereocenters. The van der Waals surface area contributed by atoms with Crippen molar-refractivity contribution in [1.29, 1.82) is 0 Å². The Bertz CT molecular complexity index is 1420. The summed E-state index contributed by atoms with van der Waals surface area (Å²) in [6.07, 6.45) is 1.22. The molecule has 0 saturated carbocycles. The number of carbonyl (C=O) groups excluding carboxylic acids is 2. The lowest BCUT2D eigenvalue weighted by Crippen LogP contribution is -2.40. The van der Waals surface area contributed by atoms with Crippen LogP contribution in [-0.4, -0.2) is 27.7 Å². The molecule has 2 amide bonds. The number of rotatable bonds is 8. The molecule has 0 fully saturated rings. The van der Waals surface area contributed by atoms with E-state index in [1.807, 2.05) is 37.3 Å². The van der Waals surface area contributed by atoms with Crippen LogP contribution in [0.1, 0.15) is 41.0 Å². The highest BCUT2D eigenvalue weighted by atomic mass is 16.2. The Morgan fingerprint density at radius 1 is 0.914 bits per heavy atom. The first kappa shape index (κ1) is 23.6. The first-order valence-electron chi connectivity index (χ1n) is 11.3. The molecule has 35 heavy (non-hydrogen) atoms. The summed E-state index contributed by atoms with van der Waals surface area (Å²) >= 11 is 0. The number of amides is 2. The van der Waals surface area contributed by atoms with Crippen LogP contribution in [0.4, 0.5) is 0 Å². The summed E-state index contributed by atoms with van der Waals surface area (Å²) < 4.78 is 0. The first-order valence-corrected chi connectivity index (χ1v) is 11.3. The van der Waals surface area contributed by atoms with E-state index in [-0.39, 0.29) is 11.3 Å². The molecule has 3 aromatic carbocycles. The monoisotopic (exact) mass is 467 g/mol. The highest BCUT2D eigenvalue weighted by Crippen LogP contribution is 2.20. The van der Waals surface area contributed by atoms with Gasteiger partial charge in [-0.25, -0.2) is 10.5 Å². The van der Waals surface area contributed by atoms with E-state index in [1.165, 1.54) is 0 Å². The topological polar surface area (TPSA) is 116 Å². The van der Waals surface area contributed by atoms with Crippen molar-refractivity contribution in [2.75, 3.05) is 0 Å². The molecule has 176 valence electrons. The summed E-state index contributed by atoms with van der Waals surface area (Å²) in [6, 6.07) is 24.0. The van der Waals surface area contributed by atoms with Crippen molar-refractivity contribution in [3.63, 3.8) is 0 Å². The molecule has 0 radical (unpaired) electrons. The summed E-state index contributed by atoms with van der Waals surface area (Å²) in [4.78, 5) is 38.6. The van der Waals surface area contributed by atoms with Gasteiger partial charge in [0.25, 0.3) is 17.4 Å². The van der Waals surface area contributed by atoms with Gasteiger partial charge in [0, 0.05) is 23.1 Å². The second-order valence-electron chi connectivity index (χ2n) is 7.93. The normalized spacial score (nSPS) is 12.2. The smallest absolute Gasteiger partial charge is 0.272 e. The molecular formula is C27H25N5O3. The largest absolute Gasteiger partial charge is 0.335 e. The maximum atomic E-state index is 13.3. The SMILES string of the molecule is CC/C(Cc1ccccc1)=N/NC(=O)[C@H](NC(=O)c1ccccc1)c1n[nH]c(=O)c2ccccc12. The molecule has 0 spiro atoms. The van der Waals surface area contributed by atoms with E-state index in [0.29, 0.717) is 29.2 Å². The summed E-state index contributed by atoms with van der Waals surface area (Å²) in [5.74, 6) is -1.02. The highest BCUT2D eigenvalue weighted by Gasteiger charge is 2.27. The molecule has 4 aromatic rings. The molecule has 1 aromatic heterocycles. The lowest BCUT2D eigenvalue weighted by molar-refractivity contribution is -0.123. The molecule has 4 rings (SSSR count). The fourth-order valence-electron chi connectivity index (χ4n) is 3.69. The van der Waals surface area contributed by atoms with Gasteiger partial charge in [0.1, 0.15) is 5.69 Å². The highest BCUT2D eigenvalue weighted by molar-refractivity contribution is 5.99. The van der Waals surface area contributed by atoms with Crippen molar-refractivity contribution in [2.24, 2.45) is 5.10 Å². The summed E-state index contributed by atoms with van der Waals surface area (Å²) in [6.45, 7) is 1.96. The van der Waals surface area contributed by atoms with Crippen molar-refractivity contribution >= 4 is 28.3 Å². The van der Waals surface area contributed by atoms with Gasteiger partial charge in [-0.2, -0.15) is 10.2 Å². The lowest BCUT2D eigenvalue weighted by atomic mass is 10.0. The molecule has 1 heterocycles. The number of benzene rings is 3. The minimum atomic E-state index is -1.19. The number of aromatic amines is 1.